The zero-order valence-electron chi connectivity index (χ0n) is 10.6. The molecule has 1 aliphatic rings. The van der Waals surface area contributed by atoms with Crippen molar-refractivity contribution in [1.82, 2.24) is 0 Å². The first-order valence-electron chi connectivity index (χ1n) is 6.90. The maximum absolute atomic E-state index is 10.4. The molecule has 94 valence electrons. The molecule has 0 radical (unpaired) electrons. The van der Waals surface area contributed by atoms with Crippen LogP contribution in [0.5, 0.6) is 0 Å². The topological polar surface area (TPSA) is 37.3 Å². The van der Waals surface area contributed by atoms with E-state index < -0.39 is 5.97 Å². The first kappa shape index (κ1) is 13.5. The average molecular weight is 226 g/mol. The molecule has 0 aliphatic heterocycles. The fraction of sp³-hybridized carbons (Fsp3) is 0.929. The normalized spacial score (nSPS) is 19.6. The lowest BCUT2D eigenvalue weighted by atomic mass is 9.84. The van der Waals surface area contributed by atoms with E-state index in [9.17, 15) is 4.79 Å². The Labute approximate surface area is 99.4 Å². The van der Waals surface area contributed by atoms with Gasteiger partial charge in [0.1, 0.15) is 0 Å². The fourth-order valence-corrected chi connectivity index (χ4v) is 2.74. The average Bonchev–Trinajstić information content (AvgIpc) is 2.27. The van der Waals surface area contributed by atoms with E-state index in [-0.39, 0.29) is 0 Å². The first-order valence-corrected chi connectivity index (χ1v) is 6.90. The van der Waals surface area contributed by atoms with Crippen LogP contribution in [-0.2, 0) is 4.79 Å². The third-order valence-electron chi connectivity index (χ3n) is 3.88. The van der Waals surface area contributed by atoms with Gasteiger partial charge < -0.3 is 5.11 Å². The van der Waals surface area contributed by atoms with E-state index in [1.165, 1.54) is 44.9 Å². The molecule has 1 fully saturated rings. The molecule has 0 spiro atoms. The van der Waals surface area contributed by atoms with Crippen LogP contribution in [0.4, 0.5) is 0 Å². The summed E-state index contributed by atoms with van der Waals surface area (Å²) in [6.07, 6.45) is 12.1. The second kappa shape index (κ2) is 7.70. The van der Waals surface area contributed by atoms with Crippen LogP contribution in [0.1, 0.15) is 71.1 Å². The molecule has 1 rings (SSSR count). The van der Waals surface area contributed by atoms with E-state index in [2.05, 4.69) is 6.92 Å². The van der Waals surface area contributed by atoms with Crippen LogP contribution in [0.25, 0.3) is 0 Å². The summed E-state index contributed by atoms with van der Waals surface area (Å²) in [5, 5.41) is 8.56. The van der Waals surface area contributed by atoms with E-state index in [0.29, 0.717) is 12.3 Å². The second-order valence-electron chi connectivity index (χ2n) is 5.47. The van der Waals surface area contributed by atoms with Crippen LogP contribution < -0.4 is 0 Å². The lowest BCUT2D eigenvalue weighted by Crippen LogP contribution is -2.08. The largest absolute Gasteiger partial charge is 0.481 e. The van der Waals surface area contributed by atoms with E-state index in [1.807, 2.05) is 0 Å². The summed E-state index contributed by atoms with van der Waals surface area (Å²) in [5.41, 5.74) is 0. The van der Waals surface area contributed by atoms with Gasteiger partial charge in [-0.25, -0.2) is 0 Å². The van der Waals surface area contributed by atoms with Crippen molar-refractivity contribution in [3.05, 3.63) is 0 Å². The molecular weight excluding hydrogens is 200 g/mol. The van der Waals surface area contributed by atoms with Crippen molar-refractivity contribution >= 4 is 5.97 Å². The summed E-state index contributed by atoms with van der Waals surface area (Å²) in [6.45, 7) is 2.27. The van der Waals surface area contributed by atoms with E-state index in [1.54, 1.807) is 0 Å². The van der Waals surface area contributed by atoms with Gasteiger partial charge in [0.2, 0.25) is 0 Å². The predicted octanol–water partition coefficient (Wildman–Crippen LogP) is 4.24. The van der Waals surface area contributed by atoms with Crippen LogP contribution in [0, 0.1) is 11.8 Å². The highest BCUT2D eigenvalue weighted by atomic mass is 16.4. The van der Waals surface area contributed by atoms with Gasteiger partial charge in [0.15, 0.2) is 0 Å². The lowest BCUT2D eigenvalue weighted by Gasteiger charge is -2.22. The molecule has 0 unspecified atom stereocenters. The van der Waals surface area contributed by atoms with E-state index in [4.69, 9.17) is 5.11 Å². The zero-order valence-corrected chi connectivity index (χ0v) is 10.6. The third kappa shape index (κ3) is 6.14. The molecular formula is C14H26O2. The van der Waals surface area contributed by atoms with Crippen molar-refractivity contribution < 1.29 is 9.90 Å². The Hall–Kier alpha value is -0.530. The molecule has 0 aromatic rings. The molecule has 2 heteroatoms. The van der Waals surface area contributed by atoms with Crippen LogP contribution in [-0.4, -0.2) is 11.1 Å². The Bertz CT molecular complexity index is 195. The van der Waals surface area contributed by atoms with Gasteiger partial charge in [-0.05, 0) is 18.3 Å². The second-order valence-corrected chi connectivity index (χ2v) is 5.47. The van der Waals surface area contributed by atoms with Crippen LogP contribution in [0.15, 0.2) is 0 Å². The third-order valence-corrected chi connectivity index (χ3v) is 3.88. The number of rotatable bonds is 7. The van der Waals surface area contributed by atoms with Crippen LogP contribution >= 0.6 is 0 Å². The van der Waals surface area contributed by atoms with Gasteiger partial charge in [-0.2, -0.15) is 0 Å². The molecule has 1 saturated carbocycles. The number of aliphatic carboxylic acids is 1. The number of carboxylic acid groups (broad SMARTS) is 1. The highest BCUT2D eigenvalue weighted by molar-refractivity contribution is 5.66. The summed E-state index contributed by atoms with van der Waals surface area (Å²) in [4.78, 5) is 10.4. The van der Waals surface area contributed by atoms with E-state index in [0.717, 1.165) is 18.8 Å². The number of carbonyl (C=O) groups is 1. The minimum absolute atomic E-state index is 0.341. The molecule has 0 bridgehead atoms. The van der Waals surface area contributed by atoms with Gasteiger partial charge in [-0.15, -0.1) is 0 Å². The quantitative estimate of drug-likeness (QED) is 0.705. The standard InChI is InChI=1S/C14H26O2/c1-12(6-5-9-14(15)16)10-11-13-7-3-2-4-8-13/h12-13H,2-11H2,1H3,(H,15,16)/t12-/m0/s1. The van der Waals surface area contributed by atoms with Gasteiger partial charge in [-0.3, -0.25) is 4.79 Å². The first-order chi connectivity index (χ1) is 7.68. The molecule has 1 N–H and O–H groups in total. The molecule has 2 nitrogen and oxygen atoms in total. The van der Waals surface area contributed by atoms with Gasteiger partial charge in [-0.1, -0.05) is 58.3 Å². The number of hydrogen-bond acceptors (Lipinski definition) is 1. The molecule has 0 aromatic heterocycles. The SMILES string of the molecule is C[C@@H](CCCC(=O)O)CCC1CCCCC1. The number of hydrogen-bond donors (Lipinski definition) is 1. The van der Waals surface area contributed by atoms with Crippen molar-refractivity contribution in [2.75, 3.05) is 0 Å². The summed E-state index contributed by atoms with van der Waals surface area (Å²) < 4.78 is 0. The summed E-state index contributed by atoms with van der Waals surface area (Å²) in [5.74, 6) is 1.02. The molecule has 0 saturated heterocycles. The Morgan fingerprint density at radius 3 is 2.56 bits per heavy atom. The van der Waals surface area contributed by atoms with Gasteiger partial charge in [0, 0.05) is 6.42 Å². The molecule has 0 aromatic carbocycles. The molecule has 1 atom stereocenters. The van der Waals surface area contributed by atoms with E-state index >= 15 is 0 Å². The fourth-order valence-electron chi connectivity index (χ4n) is 2.74. The van der Waals surface area contributed by atoms with Gasteiger partial charge >= 0.3 is 5.97 Å². The summed E-state index contributed by atoms with van der Waals surface area (Å²) >= 11 is 0. The van der Waals surface area contributed by atoms with Gasteiger partial charge in [0.25, 0.3) is 0 Å². The van der Waals surface area contributed by atoms with Crippen molar-refractivity contribution in [3.8, 4) is 0 Å². The highest BCUT2D eigenvalue weighted by Crippen LogP contribution is 2.29. The summed E-state index contributed by atoms with van der Waals surface area (Å²) in [7, 11) is 0. The monoisotopic (exact) mass is 226 g/mol. The minimum atomic E-state index is -0.653. The smallest absolute Gasteiger partial charge is 0.303 e. The molecule has 16 heavy (non-hydrogen) atoms. The summed E-state index contributed by atoms with van der Waals surface area (Å²) in [6, 6.07) is 0. The Morgan fingerprint density at radius 1 is 1.25 bits per heavy atom. The molecule has 1 aliphatic carbocycles. The van der Waals surface area contributed by atoms with Crippen LogP contribution in [0.3, 0.4) is 0 Å². The Balaban J connectivity index is 2.00. The van der Waals surface area contributed by atoms with Gasteiger partial charge in [0.05, 0.1) is 0 Å². The van der Waals surface area contributed by atoms with Crippen LogP contribution in [0.2, 0.25) is 0 Å². The maximum atomic E-state index is 10.4. The van der Waals surface area contributed by atoms with Crippen molar-refractivity contribution in [3.63, 3.8) is 0 Å². The minimum Gasteiger partial charge on any atom is -0.481 e. The predicted molar refractivity (Wildman–Crippen MR) is 66.5 cm³/mol. The van der Waals surface area contributed by atoms with Crippen molar-refractivity contribution in [2.24, 2.45) is 11.8 Å². The molecule has 0 heterocycles. The Morgan fingerprint density at radius 2 is 1.94 bits per heavy atom. The van der Waals surface area contributed by atoms with Crippen molar-refractivity contribution in [1.29, 1.82) is 0 Å². The lowest BCUT2D eigenvalue weighted by molar-refractivity contribution is -0.137. The zero-order chi connectivity index (χ0) is 11.8. The maximum Gasteiger partial charge on any atom is 0.303 e. The Kier molecular flexibility index (Phi) is 6.51. The van der Waals surface area contributed by atoms with Crippen molar-refractivity contribution in [2.45, 2.75) is 71.1 Å². The molecule has 0 amide bonds. The number of carboxylic acids is 1. The highest BCUT2D eigenvalue weighted by Gasteiger charge is 2.14.